The van der Waals surface area contributed by atoms with Crippen molar-refractivity contribution in [3.8, 4) is 5.75 Å². The van der Waals surface area contributed by atoms with Gasteiger partial charge < -0.3 is 9.64 Å². The number of carbonyl (C=O) groups excluding carboxylic acids is 1. The minimum absolute atomic E-state index is 0.0627. The number of nitrogens with zero attached hydrogens (tertiary/aromatic N) is 1. The van der Waals surface area contributed by atoms with Crippen LogP contribution in [-0.4, -0.2) is 31.0 Å². The van der Waals surface area contributed by atoms with Gasteiger partial charge in [0, 0.05) is 17.6 Å². The van der Waals surface area contributed by atoms with E-state index >= 15 is 0 Å². The second kappa shape index (κ2) is 5.74. The lowest BCUT2D eigenvalue weighted by atomic mass is 10.1. The van der Waals surface area contributed by atoms with E-state index in [1.807, 2.05) is 24.1 Å². The fourth-order valence-corrected chi connectivity index (χ4v) is 2.86. The molecule has 0 radical (unpaired) electrons. The third-order valence-corrected chi connectivity index (χ3v) is 4.29. The van der Waals surface area contributed by atoms with E-state index in [0.29, 0.717) is 17.4 Å². The number of halogens is 1. The van der Waals surface area contributed by atoms with Gasteiger partial charge in [0.2, 0.25) is 0 Å². The molecule has 1 saturated carbocycles. The summed E-state index contributed by atoms with van der Waals surface area (Å²) in [6.45, 7) is 0. The summed E-state index contributed by atoms with van der Waals surface area (Å²) in [5.74, 6) is 0.772. The van der Waals surface area contributed by atoms with Crippen LogP contribution in [0.3, 0.4) is 0 Å². The summed E-state index contributed by atoms with van der Waals surface area (Å²) in [6.07, 6.45) is 4.68. The van der Waals surface area contributed by atoms with Gasteiger partial charge in [-0.1, -0.05) is 12.8 Å². The van der Waals surface area contributed by atoms with Crippen molar-refractivity contribution in [2.45, 2.75) is 31.7 Å². The maximum Gasteiger partial charge on any atom is 0.255 e. The molecule has 4 heteroatoms. The Kier molecular flexibility index (Phi) is 4.27. The first-order chi connectivity index (χ1) is 8.63. The molecular weight excluding hydrogens is 294 g/mol. The van der Waals surface area contributed by atoms with E-state index in [4.69, 9.17) is 4.74 Å². The van der Waals surface area contributed by atoms with Gasteiger partial charge >= 0.3 is 0 Å². The third-order valence-electron chi connectivity index (χ3n) is 3.60. The van der Waals surface area contributed by atoms with E-state index in [1.165, 1.54) is 12.8 Å². The lowest BCUT2D eigenvalue weighted by Gasteiger charge is -2.25. The standard InChI is InChI=1S/C14H18BrNO2/c1-16(10-5-3-4-6-10)14(17)12-9-11(18-2)7-8-13(12)15/h7-10H,3-6H2,1-2H3. The second-order valence-corrected chi connectivity index (χ2v) is 5.55. The molecule has 0 heterocycles. The number of methoxy groups -OCH3 is 1. The van der Waals surface area contributed by atoms with Crippen molar-refractivity contribution in [2.24, 2.45) is 0 Å². The van der Waals surface area contributed by atoms with Crippen LogP contribution < -0.4 is 4.74 Å². The minimum atomic E-state index is 0.0627. The number of carbonyl (C=O) groups is 1. The Morgan fingerprint density at radius 2 is 2.06 bits per heavy atom. The van der Waals surface area contributed by atoms with Gasteiger partial charge in [0.15, 0.2) is 0 Å². The Morgan fingerprint density at radius 3 is 2.67 bits per heavy atom. The van der Waals surface area contributed by atoms with Gasteiger partial charge in [-0.15, -0.1) is 0 Å². The maximum atomic E-state index is 12.5. The highest BCUT2D eigenvalue weighted by molar-refractivity contribution is 9.10. The Morgan fingerprint density at radius 1 is 1.39 bits per heavy atom. The second-order valence-electron chi connectivity index (χ2n) is 4.70. The smallest absolute Gasteiger partial charge is 0.255 e. The largest absolute Gasteiger partial charge is 0.497 e. The number of benzene rings is 1. The molecule has 98 valence electrons. The molecule has 0 atom stereocenters. The molecule has 3 nitrogen and oxygen atoms in total. The highest BCUT2D eigenvalue weighted by Crippen LogP contribution is 2.27. The van der Waals surface area contributed by atoms with Crippen LogP contribution in [0.4, 0.5) is 0 Å². The van der Waals surface area contributed by atoms with Crippen molar-refractivity contribution in [1.29, 1.82) is 0 Å². The summed E-state index contributed by atoms with van der Waals surface area (Å²) in [6, 6.07) is 5.87. The first-order valence-corrected chi connectivity index (χ1v) is 7.03. The molecule has 2 rings (SSSR count). The molecule has 0 aromatic heterocycles. The molecule has 0 aliphatic heterocycles. The molecule has 1 aromatic carbocycles. The summed E-state index contributed by atoms with van der Waals surface area (Å²) in [5, 5.41) is 0. The fraction of sp³-hybridized carbons (Fsp3) is 0.500. The van der Waals surface area contributed by atoms with Gasteiger partial charge in [-0.2, -0.15) is 0 Å². The van der Waals surface area contributed by atoms with Crippen molar-refractivity contribution in [1.82, 2.24) is 4.90 Å². The first-order valence-electron chi connectivity index (χ1n) is 6.24. The van der Waals surface area contributed by atoms with Crippen molar-refractivity contribution >= 4 is 21.8 Å². The highest BCUT2D eigenvalue weighted by Gasteiger charge is 2.25. The van der Waals surface area contributed by atoms with Gasteiger partial charge in [-0.05, 0) is 47.0 Å². The van der Waals surface area contributed by atoms with Gasteiger partial charge in [-0.25, -0.2) is 0 Å². The minimum Gasteiger partial charge on any atom is -0.497 e. The monoisotopic (exact) mass is 311 g/mol. The summed E-state index contributed by atoms with van der Waals surface area (Å²) in [7, 11) is 3.50. The lowest BCUT2D eigenvalue weighted by molar-refractivity contribution is 0.0734. The molecule has 0 saturated heterocycles. The van der Waals surface area contributed by atoms with Gasteiger partial charge in [0.1, 0.15) is 5.75 Å². The Hall–Kier alpha value is -1.03. The summed E-state index contributed by atoms with van der Waals surface area (Å²) in [4.78, 5) is 14.3. The van der Waals surface area contributed by atoms with Crippen LogP contribution in [0, 0.1) is 0 Å². The van der Waals surface area contributed by atoms with Crippen LogP contribution in [0.2, 0.25) is 0 Å². The lowest BCUT2D eigenvalue weighted by Crippen LogP contribution is -2.35. The molecule has 0 N–H and O–H groups in total. The van der Waals surface area contributed by atoms with Crippen LogP contribution in [0.1, 0.15) is 36.0 Å². The van der Waals surface area contributed by atoms with Crippen LogP contribution in [0.25, 0.3) is 0 Å². The fourth-order valence-electron chi connectivity index (χ4n) is 2.44. The molecule has 0 unspecified atom stereocenters. The Bertz CT molecular complexity index is 441. The molecule has 0 bridgehead atoms. The van der Waals surface area contributed by atoms with Gasteiger partial charge in [0.25, 0.3) is 5.91 Å². The van der Waals surface area contributed by atoms with Crippen molar-refractivity contribution in [2.75, 3.05) is 14.2 Å². The number of hydrogen-bond donors (Lipinski definition) is 0. The average molecular weight is 312 g/mol. The molecule has 18 heavy (non-hydrogen) atoms. The van der Waals surface area contributed by atoms with Gasteiger partial charge in [0.05, 0.1) is 12.7 Å². The van der Waals surface area contributed by atoms with Crippen LogP contribution >= 0.6 is 15.9 Å². The normalized spacial score (nSPS) is 15.7. The van der Waals surface area contributed by atoms with Crippen LogP contribution in [0.15, 0.2) is 22.7 Å². The number of hydrogen-bond acceptors (Lipinski definition) is 2. The first kappa shape index (κ1) is 13.4. The maximum absolute atomic E-state index is 12.5. The summed E-state index contributed by atoms with van der Waals surface area (Å²) >= 11 is 3.43. The molecule has 1 aliphatic rings. The zero-order valence-electron chi connectivity index (χ0n) is 10.8. The molecule has 1 aromatic rings. The number of ether oxygens (including phenoxy) is 1. The molecule has 1 amide bonds. The SMILES string of the molecule is COc1ccc(Br)c(C(=O)N(C)C2CCCC2)c1. The Balaban J connectivity index is 2.21. The summed E-state index contributed by atoms with van der Waals surface area (Å²) in [5.41, 5.74) is 0.670. The average Bonchev–Trinajstić information content (AvgIpc) is 2.91. The van der Waals surface area contributed by atoms with Crippen LogP contribution in [0.5, 0.6) is 5.75 Å². The van der Waals surface area contributed by atoms with E-state index in [1.54, 1.807) is 13.2 Å². The van der Waals surface area contributed by atoms with E-state index in [2.05, 4.69) is 15.9 Å². The molecule has 1 fully saturated rings. The number of amides is 1. The number of rotatable bonds is 3. The quantitative estimate of drug-likeness (QED) is 0.855. The predicted octanol–water partition coefficient (Wildman–Crippen LogP) is 3.47. The zero-order valence-corrected chi connectivity index (χ0v) is 12.4. The molecular formula is C14H18BrNO2. The van der Waals surface area contributed by atoms with Crippen LogP contribution in [-0.2, 0) is 0 Å². The van der Waals surface area contributed by atoms with E-state index in [-0.39, 0.29) is 5.91 Å². The third kappa shape index (κ3) is 2.69. The van der Waals surface area contributed by atoms with Crippen molar-refractivity contribution in [3.63, 3.8) is 0 Å². The van der Waals surface area contributed by atoms with Gasteiger partial charge in [-0.3, -0.25) is 4.79 Å². The van der Waals surface area contributed by atoms with E-state index < -0.39 is 0 Å². The Labute approximate surface area is 116 Å². The summed E-state index contributed by atoms with van der Waals surface area (Å²) < 4.78 is 5.99. The van der Waals surface area contributed by atoms with E-state index in [0.717, 1.165) is 17.3 Å². The predicted molar refractivity (Wildman–Crippen MR) is 75.0 cm³/mol. The molecule has 1 aliphatic carbocycles. The molecule has 0 spiro atoms. The highest BCUT2D eigenvalue weighted by atomic mass is 79.9. The van der Waals surface area contributed by atoms with Crippen molar-refractivity contribution < 1.29 is 9.53 Å². The van der Waals surface area contributed by atoms with Crippen molar-refractivity contribution in [3.05, 3.63) is 28.2 Å². The topological polar surface area (TPSA) is 29.5 Å². The zero-order chi connectivity index (χ0) is 13.1. The van der Waals surface area contributed by atoms with E-state index in [9.17, 15) is 4.79 Å².